The molecule has 12 heteroatoms. The Morgan fingerprint density at radius 2 is 1.97 bits per heavy atom. The van der Waals surface area contributed by atoms with Crippen LogP contribution in [0.4, 0.5) is 13.6 Å². The number of thioether (sulfide) groups is 1. The second-order valence-corrected chi connectivity index (χ2v) is 7.63. The number of hydrogen-bond acceptors (Lipinski definition) is 7. The van der Waals surface area contributed by atoms with Crippen molar-refractivity contribution >= 4 is 34.9 Å². The van der Waals surface area contributed by atoms with Crippen LogP contribution in [0.2, 0.25) is 0 Å². The molecule has 0 atom stereocenters. The van der Waals surface area contributed by atoms with E-state index in [0.29, 0.717) is 17.3 Å². The van der Waals surface area contributed by atoms with Crippen LogP contribution in [0.3, 0.4) is 0 Å². The number of imide groups is 1. The first-order valence-electron chi connectivity index (χ1n) is 9.59. The molecular formula is C21H19F2N3O6S. The van der Waals surface area contributed by atoms with Gasteiger partial charge in [-0.05, 0) is 41.6 Å². The molecule has 3 rings (SSSR count). The lowest BCUT2D eigenvalue weighted by atomic mass is 10.2. The maximum atomic E-state index is 12.6. The fraction of sp³-hybridized carbons (Fsp3) is 0.238. The van der Waals surface area contributed by atoms with Gasteiger partial charge in [0.25, 0.3) is 16.7 Å². The average Bonchev–Trinajstić information content (AvgIpc) is 3.03. The molecule has 0 unspecified atom stereocenters. The summed E-state index contributed by atoms with van der Waals surface area (Å²) in [6, 6.07) is 8.63. The molecule has 1 aliphatic rings. The van der Waals surface area contributed by atoms with Gasteiger partial charge in [0.1, 0.15) is 6.54 Å². The second-order valence-electron chi connectivity index (χ2n) is 6.64. The lowest BCUT2D eigenvalue weighted by Crippen LogP contribution is -2.39. The molecule has 1 aromatic heterocycles. The summed E-state index contributed by atoms with van der Waals surface area (Å²) in [7, 11) is 1.29. The Labute approximate surface area is 191 Å². The van der Waals surface area contributed by atoms with Crippen LogP contribution in [-0.2, 0) is 16.1 Å². The number of nitrogens with zero attached hydrogens (tertiary/aromatic N) is 2. The standard InChI is InChI=1S/C21H19F2N3O6S/c1-31-15-10-13(5-6-14(15)32-20(22)23)11-16-19(29)26(21(30)33-16)9-7-24-17(27)12-25-8-3-2-4-18(25)28/h2-6,8,10-11,20H,7,9,12H2,1H3,(H,24,27)/b16-11-. The number of rotatable bonds is 9. The Balaban J connectivity index is 1.60. The van der Waals surface area contributed by atoms with E-state index in [1.54, 1.807) is 12.1 Å². The van der Waals surface area contributed by atoms with E-state index in [4.69, 9.17) is 4.74 Å². The number of nitrogens with one attached hydrogen (secondary N) is 1. The molecule has 1 saturated heterocycles. The van der Waals surface area contributed by atoms with Crippen molar-refractivity contribution in [2.75, 3.05) is 20.2 Å². The number of benzene rings is 1. The lowest BCUT2D eigenvalue weighted by molar-refractivity contribution is -0.124. The predicted octanol–water partition coefficient (Wildman–Crippen LogP) is 2.31. The molecule has 174 valence electrons. The third-order valence-electron chi connectivity index (χ3n) is 4.45. The minimum Gasteiger partial charge on any atom is -0.493 e. The van der Waals surface area contributed by atoms with Gasteiger partial charge in [-0.1, -0.05) is 12.1 Å². The zero-order valence-corrected chi connectivity index (χ0v) is 18.1. The van der Waals surface area contributed by atoms with Crippen LogP contribution in [0.15, 0.2) is 52.3 Å². The van der Waals surface area contributed by atoms with Crippen LogP contribution in [0.5, 0.6) is 11.5 Å². The maximum Gasteiger partial charge on any atom is 0.387 e. The molecule has 1 N–H and O–H groups in total. The van der Waals surface area contributed by atoms with E-state index in [0.717, 1.165) is 4.90 Å². The van der Waals surface area contributed by atoms with E-state index in [1.165, 1.54) is 48.2 Å². The van der Waals surface area contributed by atoms with Crippen LogP contribution < -0.4 is 20.3 Å². The van der Waals surface area contributed by atoms with Crippen molar-refractivity contribution in [2.45, 2.75) is 13.2 Å². The highest BCUT2D eigenvalue weighted by Crippen LogP contribution is 2.34. The summed E-state index contributed by atoms with van der Waals surface area (Å²) in [5, 5.41) is 2.05. The summed E-state index contributed by atoms with van der Waals surface area (Å²) in [6.45, 7) is -3.24. The number of alkyl halides is 2. The molecule has 0 radical (unpaired) electrons. The molecule has 2 heterocycles. The Morgan fingerprint density at radius 1 is 1.18 bits per heavy atom. The largest absolute Gasteiger partial charge is 0.493 e. The summed E-state index contributed by atoms with van der Waals surface area (Å²) < 4.78 is 35.5. The van der Waals surface area contributed by atoms with Gasteiger partial charge in [-0.15, -0.1) is 0 Å². The predicted molar refractivity (Wildman–Crippen MR) is 116 cm³/mol. The normalized spacial score (nSPS) is 14.8. The van der Waals surface area contributed by atoms with Gasteiger partial charge in [-0.3, -0.25) is 24.1 Å². The molecule has 0 bridgehead atoms. The smallest absolute Gasteiger partial charge is 0.387 e. The number of aromatic nitrogens is 1. The van der Waals surface area contributed by atoms with Gasteiger partial charge in [0.15, 0.2) is 11.5 Å². The Morgan fingerprint density at radius 3 is 2.67 bits per heavy atom. The number of amides is 3. The van der Waals surface area contributed by atoms with E-state index in [2.05, 4.69) is 10.1 Å². The van der Waals surface area contributed by atoms with Gasteiger partial charge in [0.05, 0.1) is 12.0 Å². The van der Waals surface area contributed by atoms with Gasteiger partial charge < -0.3 is 19.4 Å². The average molecular weight is 479 g/mol. The van der Waals surface area contributed by atoms with Crippen LogP contribution in [0.25, 0.3) is 6.08 Å². The number of hydrogen-bond donors (Lipinski definition) is 1. The molecule has 0 saturated carbocycles. The SMILES string of the molecule is COc1cc(/C=C2\SC(=O)N(CCNC(=O)Cn3ccccc3=O)C2=O)ccc1OC(F)F. The number of pyridine rings is 1. The van der Waals surface area contributed by atoms with Crippen molar-refractivity contribution in [3.8, 4) is 11.5 Å². The summed E-state index contributed by atoms with van der Waals surface area (Å²) in [5.74, 6) is -1.11. The Bertz CT molecular complexity index is 1150. The van der Waals surface area contributed by atoms with Crippen molar-refractivity contribution in [3.05, 3.63) is 63.4 Å². The molecule has 33 heavy (non-hydrogen) atoms. The van der Waals surface area contributed by atoms with Crippen molar-refractivity contribution in [1.82, 2.24) is 14.8 Å². The summed E-state index contributed by atoms with van der Waals surface area (Å²) in [5.41, 5.74) is 0.120. The Kier molecular flexibility index (Phi) is 7.83. The highest BCUT2D eigenvalue weighted by atomic mass is 32.2. The molecule has 0 aliphatic carbocycles. The van der Waals surface area contributed by atoms with Crippen LogP contribution in [-0.4, -0.2) is 53.3 Å². The van der Waals surface area contributed by atoms with Crippen molar-refractivity contribution in [2.24, 2.45) is 0 Å². The molecular weight excluding hydrogens is 460 g/mol. The third kappa shape index (κ3) is 6.19. The molecule has 1 aliphatic heterocycles. The zero-order valence-electron chi connectivity index (χ0n) is 17.3. The van der Waals surface area contributed by atoms with E-state index >= 15 is 0 Å². The minimum atomic E-state index is -3.02. The van der Waals surface area contributed by atoms with Crippen LogP contribution >= 0.6 is 11.8 Å². The monoisotopic (exact) mass is 479 g/mol. The number of carbonyl (C=O) groups excluding carboxylic acids is 3. The summed E-state index contributed by atoms with van der Waals surface area (Å²) in [6.07, 6.45) is 2.91. The highest BCUT2D eigenvalue weighted by Gasteiger charge is 2.34. The number of halogens is 2. The molecule has 1 fully saturated rings. The first-order chi connectivity index (χ1) is 15.8. The van der Waals surface area contributed by atoms with E-state index in [1.807, 2.05) is 0 Å². The quantitative estimate of drug-likeness (QED) is 0.550. The summed E-state index contributed by atoms with van der Waals surface area (Å²) >= 11 is 0.717. The van der Waals surface area contributed by atoms with Crippen LogP contribution in [0, 0.1) is 0 Å². The molecule has 2 aromatic rings. The van der Waals surface area contributed by atoms with Gasteiger partial charge in [-0.2, -0.15) is 8.78 Å². The van der Waals surface area contributed by atoms with Crippen LogP contribution in [0.1, 0.15) is 5.56 Å². The minimum absolute atomic E-state index is 0.0131. The number of ether oxygens (including phenoxy) is 2. The van der Waals surface area contributed by atoms with Gasteiger partial charge in [0.2, 0.25) is 5.91 Å². The van der Waals surface area contributed by atoms with Crippen molar-refractivity contribution < 1.29 is 32.6 Å². The Hall–Kier alpha value is -3.67. The highest BCUT2D eigenvalue weighted by molar-refractivity contribution is 8.18. The van der Waals surface area contributed by atoms with E-state index < -0.39 is 23.7 Å². The molecule has 1 aromatic carbocycles. The zero-order chi connectivity index (χ0) is 24.0. The van der Waals surface area contributed by atoms with Gasteiger partial charge >= 0.3 is 6.61 Å². The maximum absolute atomic E-state index is 12.6. The van der Waals surface area contributed by atoms with E-state index in [9.17, 15) is 28.0 Å². The topological polar surface area (TPSA) is 107 Å². The number of carbonyl (C=O) groups is 3. The second kappa shape index (κ2) is 10.8. The summed E-state index contributed by atoms with van der Waals surface area (Å²) in [4.78, 5) is 49.6. The molecule has 0 spiro atoms. The van der Waals surface area contributed by atoms with Crippen molar-refractivity contribution in [1.29, 1.82) is 0 Å². The van der Waals surface area contributed by atoms with Gasteiger partial charge in [-0.25, -0.2) is 0 Å². The lowest BCUT2D eigenvalue weighted by Gasteiger charge is -2.13. The first-order valence-corrected chi connectivity index (χ1v) is 10.4. The fourth-order valence-corrected chi connectivity index (χ4v) is 3.79. The van der Waals surface area contributed by atoms with Gasteiger partial charge in [0, 0.05) is 25.4 Å². The van der Waals surface area contributed by atoms with E-state index in [-0.39, 0.29) is 41.6 Å². The van der Waals surface area contributed by atoms with Crippen molar-refractivity contribution in [3.63, 3.8) is 0 Å². The third-order valence-corrected chi connectivity index (χ3v) is 5.35. The molecule has 3 amide bonds. The first kappa shape index (κ1) is 24.0. The molecule has 9 nitrogen and oxygen atoms in total. The number of methoxy groups -OCH3 is 1. The fourth-order valence-electron chi connectivity index (χ4n) is 2.92.